The molecule has 0 bridgehead atoms. The predicted molar refractivity (Wildman–Crippen MR) is 34.0 cm³/mol. The van der Waals surface area contributed by atoms with Crippen molar-refractivity contribution in [3.05, 3.63) is 0 Å². The molecule has 0 aliphatic carbocycles. The minimum absolute atomic E-state index is 0.894. The number of hydrogen-bond donors (Lipinski definition) is 0. The number of rotatable bonds is 1. The fourth-order valence-electron chi connectivity index (χ4n) is 0. The third-order valence-electron chi connectivity index (χ3n) is 0.281. The summed E-state index contributed by atoms with van der Waals surface area (Å²) in [7, 11) is 0. The van der Waals surface area contributed by atoms with Crippen molar-refractivity contribution in [2.45, 2.75) is 15.3 Å². The zero-order valence-electron chi connectivity index (χ0n) is 3.16. The predicted octanol–water partition coefficient (Wildman–Crippen LogP) is 1.40. The molecule has 26 valence electrons. The molecule has 0 N–H and O–H groups in total. The van der Waals surface area contributed by atoms with Crippen molar-refractivity contribution in [2.24, 2.45) is 0 Å². The van der Waals surface area contributed by atoms with E-state index in [1.54, 1.807) is 22.5 Å². The first-order valence-electron chi connectivity index (χ1n) is 1.56. The summed E-state index contributed by atoms with van der Waals surface area (Å²) in [5.41, 5.74) is 0. The van der Waals surface area contributed by atoms with Gasteiger partial charge in [0.2, 0.25) is 0 Å². The molecule has 0 fully saturated rings. The van der Waals surface area contributed by atoms with Crippen molar-refractivity contribution in [2.75, 3.05) is 0 Å². The quantitative estimate of drug-likeness (QED) is 0.388. The third-order valence-corrected chi connectivity index (χ3v) is 4.84. The Bertz CT molecular complexity index is 20.9. The van der Waals surface area contributed by atoms with Crippen LogP contribution in [-0.4, -0.2) is 26.4 Å². The van der Waals surface area contributed by atoms with Gasteiger partial charge < -0.3 is 0 Å². The Morgan fingerprint density at radius 1 is 2.00 bits per heavy atom. The molecule has 0 radical (unpaired) electrons. The van der Waals surface area contributed by atoms with E-state index in [0.717, 1.165) is 3.92 Å². The number of hydrogen-bond acceptors (Lipinski definition) is 0. The van der Waals surface area contributed by atoms with Gasteiger partial charge in [0, 0.05) is 0 Å². The van der Waals surface area contributed by atoms with E-state index in [-0.39, 0.29) is 0 Å². The topological polar surface area (TPSA) is 0 Å². The molecule has 0 aromatic rings. The van der Waals surface area contributed by atoms with E-state index in [2.05, 4.69) is 29.5 Å². The van der Waals surface area contributed by atoms with E-state index in [1.807, 2.05) is 0 Å². The molecule has 0 saturated heterocycles. The Hall–Kier alpha value is 1.53. The standard InChI is InChI=1S/C3H6I.Sn/c1-3(2)4;/h3H,1H2,2H3;/q;+3. The average Bonchev–Trinajstić information content (AvgIpc) is 1.38. The van der Waals surface area contributed by atoms with Gasteiger partial charge in [-0.25, -0.2) is 0 Å². The summed E-state index contributed by atoms with van der Waals surface area (Å²) in [5, 5.41) is 0. The minimum atomic E-state index is 0.894. The molecule has 0 saturated carbocycles. The number of alkyl halides is 1. The number of halogens is 1. The first kappa shape index (κ1) is 6.53. The van der Waals surface area contributed by atoms with Gasteiger partial charge in [0.05, 0.1) is 0 Å². The molecule has 0 aliphatic rings. The molecule has 0 aromatic carbocycles. The Labute approximate surface area is 59.9 Å². The second kappa shape index (κ2) is 3.71. The van der Waals surface area contributed by atoms with Crippen LogP contribution >= 0.6 is 22.6 Å². The van der Waals surface area contributed by atoms with Crippen molar-refractivity contribution in [1.29, 1.82) is 0 Å². The molecule has 0 aliphatic heterocycles. The van der Waals surface area contributed by atoms with Crippen molar-refractivity contribution >= 4 is 45.1 Å². The molecule has 0 rings (SSSR count). The van der Waals surface area contributed by atoms with Gasteiger partial charge in [-0.1, -0.05) is 0 Å². The van der Waals surface area contributed by atoms with Crippen LogP contribution in [0.1, 0.15) is 6.92 Å². The molecule has 0 nitrogen and oxygen atoms in total. The average molecular weight is 288 g/mol. The van der Waals surface area contributed by atoms with Gasteiger partial charge >= 0.3 is 60.4 Å². The van der Waals surface area contributed by atoms with Gasteiger partial charge in [0.25, 0.3) is 0 Å². The summed E-state index contributed by atoms with van der Waals surface area (Å²) in [5.74, 6) is 0. The van der Waals surface area contributed by atoms with Crippen LogP contribution in [0.15, 0.2) is 0 Å². The van der Waals surface area contributed by atoms with Crippen LogP contribution in [0.5, 0.6) is 0 Å². The van der Waals surface area contributed by atoms with E-state index in [9.17, 15) is 0 Å². The molecular formula is C3H6ISn+3. The van der Waals surface area contributed by atoms with Gasteiger partial charge in [-0.15, -0.1) is 0 Å². The second-order valence-corrected chi connectivity index (χ2v) is 4.28. The van der Waals surface area contributed by atoms with E-state index < -0.39 is 0 Å². The third kappa shape index (κ3) is 5.53. The van der Waals surface area contributed by atoms with Crippen molar-refractivity contribution < 1.29 is 0 Å². The van der Waals surface area contributed by atoms with Crippen molar-refractivity contribution in [1.82, 2.24) is 0 Å². The molecule has 0 amide bonds. The van der Waals surface area contributed by atoms with Gasteiger partial charge in [-0.3, -0.25) is 0 Å². The van der Waals surface area contributed by atoms with Crippen LogP contribution in [0.3, 0.4) is 0 Å². The van der Waals surface area contributed by atoms with E-state index in [0.29, 0.717) is 0 Å². The normalized spacial score (nSPS) is 15.2. The summed E-state index contributed by atoms with van der Waals surface area (Å²) in [6, 6.07) is 0. The zero-order valence-corrected chi connectivity index (χ0v) is 8.17. The molecule has 1 atom stereocenters. The van der Waals surface area contributed by atoms with Crippen LogP contribution in [-0.2, 0) is 0 Å². The summed E-state index contributed by atoms with van der Waals surface area (Å²) in [6.45, 7) is 2.23. The molecule has 0 heterocycles. The van der Waals surface area contributed by atoms with Gasteiger partial charge in [0.1, 0.15) is 0 Å². The van der Waals surface area contributed by atoms with Gasteiger partial charge in [-0.2, -0.15) is 0 Å². The molecule has 5 heavy (non-hydrogen) atoms. The second-order valence-electron chi connectivity index (χ2n) is 0.985. The van der Waals surface area contributed by atoms with Gasteiger partial charge in [-0.05, 0) is 0 Å². The first-order chi connectivity index (χ1) is 2.27. The SMILES string of the molecule is CC(I)[CH2][Sn+3]. The Balaban J connectivity index is 2.54. The molecule has 0 aromatic heterocycles. The maximum atomic E-state index is 2.43. The molecule has 0 spiro atoms. The molecule has 2 heteroatoms. The van der Waals surface area contributed by atoms with Crippen molar-refractivity contribution in [3.8, 4) is 0 Å². The van der Waals surface area contributed by atoms with Crippen LogP contribution < -0.4 is 0 Å². The monoisotopic (exact) mass is 289 g/mol. The Morgan fingerprint density at radius 3 is 2.20 bits per heavy atom. The maximum absolute atomic E-state index is 2.43. The summed E-state index contributed by atoms with van der Waals surface area (Å²) >= 11 is 4.09. The van der Waals surface area contributed by atoms with E-state index in [1.165, 1.54) is 4.44 Å². The van der Waals surface area contributed by atoms with Crippen LogP contribution in [0.2, 0.25) is 4.44 Å². The first-order valence-corrected chi connectivity index (χ1v) is 4.82. The zero-order chi connectivity index (χ0) is 4.28. The molecule has 1 unspecified atom stereocenters. The summed E-state index contributed by atoms with van der Waals surface area (Å²) in [4.78, 5) is 0. The Kier molecular flexibility index (Phi) is 4.84. The fourth-order valence-corrected chi connectivity index (χ4v) is 0. The fraction of sp³-hybridized carbons (Fsp3) is 1.00. The van der Waals surface area contributed by atoms with Crippen LogP contribution in [0, 0.1) is 0 Å². The summed E-state index contributed by atoms with van der Waals surface area (Å²) in [6.07, 6.45) is 0. The summed E-state index contributed by atoms with van der Waals surface area (Å²) < 4.78 is 2.28. The van der Waals surface area contributed by atoms with Crippen LogP contribution in [0.25, 0.3) is 0 Å². The van der Waals surface area contributed by atoms with Crippen molar-refractivity contribution in [3.63, 3.8) is 0 Å². The van der Waals surface area contributed by atoms with E-state index in [4.69, 9.17) is 0 Å². The molecular weight excluding hydrogens is 282 g/mol. The van der Waals surface area contributed by atoms with Gasteiger partial charge in [0.15, 0.2) is 0 Å². The Morgan fingerprint density at radius 2 is 2.20 bits per heavy atom. The van der Waals surface area contributed by atoms with Crippen LogP contribution in [0.4, 0.5) is 0 Å². The van der Waals surface area contributed by atoms with E-state index >= 15 is 0 Å².